The maximum Gasteiger partial charge on any atom is 0.251 e. The molecule has 2 heterocycles. The Morgan fingerprint density at radius 3 is 2.60 bits per heavy atom. The first kappa shape index (κ1) is 22.2. The van der Waals surface area contributed by atoms with E-state index in [0.29, 0.717) is 29.4 Å². The largest absolute Gasteiger partial charge is 0.349 e. The molecule has 6 heteroatoms. The van der Waals surface area contributed by atoms with Gasteiger partial charge in [-0.15, -0.1) is 0 Å². The zero-order valence-corrected chi connectivity index (χ0v) is 20.1. The molecule has 5 nitrogen and oxygen atoms in total. The van der Waals surface area contributed by atoms with Gasteiger partial charge in [0.2, 0.25) is 0 Å². The van der Waals surface area contributed by atoms with Gasteiger partial charge in [-0.2, -0.15) is 0 Å². The summed E-state index contributed by atoms with van der Waals surface area (Å²) >= 11 is 0. The molecule has 0 unspecified atom stereocenters. The molecule has 2 N–H and O–H groups in total. The number of aromatic nitrogens is 3. The smallest absolute Gasteiger partial charge is 0.251 e. The summed E-state index contributed by atoms with van der Waals surface area (Å²) in [5.74, 6) is 2.07. The topological polar surface area (TPSA) is 70.7 Å². The predicted octanol–water partition coefficient (Wildman–Crippen LogP) is 6.61. The number of amides is 1. The molecule has 1 amide bonds. The van der Waals surface area contributed by atoms with E-state index in [1.807, 2.05) is 24.4 Å². The van der Waals surface area contributed by atoms with Gasteiger partial charge in [-0.3, -0.25) is 9.78 Å². The van der Waals surface area contributed by atoms with Crippen molar-refractivity contribution in [3.05, 3.63) is 71.4 Å². The van der Waals surface area contributed by atoms with Gasteiger partial charge in [-0.05, 0) is 105 Å². The first-order valence-corrected chi connectivity index (χ1v) is 12.9. The summed E-state index contributed by atoms with van der Waals surface area (Å²) in [6, 6.07) is 13.0. The third-order valence-corrected chi connectivity index (χ3v) is 8.29. The number of nitrogens with one attached hydrogen (secondary N) is 2. The van der Waals surface area contributed by atoms with Crippen LogP contribution in [0.4, 0.5) is 4.39 Å². The Labute approximate surface area is 204 Å². The van der Waals surface area contributed by atoms with Gasteiger partial charge in [-0.25, -0.2) is 9.37 Å². The van der Waals surface area contributed by atoms with E-state index in [9.17, 15) is 9.18 Å². The van der Waals surface area contributed by atoms with Crippen LogP contribution in [0.5, 0.6) is 0 Å². The van der Waals surface area contributed by atoms with Gasteiger partial charge in [0.05, 0.1) is 16.6 Å². The Balaban J connectivity index is 1.15. The molecular weight excluding hydrogens is 439 g/mol. The van der Waals surface area contributed by atoms with E-state index >= 15 is 0 Å². The van der Waals surface area contributed by atoms with Crippen LogP contribution in [0.3, 0.4) is 0 Å². The van der Waals surface area contributed by atoms with Gasteiger partial charge in [-0.1, -0.05) is 6.92 Å². The minimum absolute atomic E-state index is 0.00244. The molecule has 180 valence electrons. The Kier molecular flexibility index (Phi) is 5.75. The van der Waals surface area contributed by atoms with Crippen LogP contribution < -0.4 is 5.32 Å². The fraction of sp³-hybridized carbons (Fsp3) is 0.414. The number of fused-ring (bicyclic) bond motifs is 2. The number of hydrogen-bond donors (Lipinski definition) is 2. The van der Waals surface area contributed by atoms with Crippen molar-refractivity contribution < 1.29 is 9.18 Å². The summed E-state index contributed by atoms with van der Waals surface area (Å²) < 4.78 is 13.9. The van der Waals surface area contributed by atoms with E-state index in [1.54, 1.807) is 12.1 Å². The number of imidazole rings is 1. The van der Waals surface area contributed by atoms with Crippen molar-refractivity contribution in [3.8, 4) is 0 Å². The number of halogens is 1. The summed E-state index contributed by atoms with van der Waals surface area (Å²) in [4.78, 5) is 25.3. The number of carbonyl (C=O) groups excluding carboxylic acids is 1. The van der Waals surface area contributed by atoms with E-state index in [4.69, 9.17) is 4.98 Å². The number of hydrogen-bond acceptors (Lipinski definition) is 3. The molecule has 2 aliphatic rings. The third kappa shape index (κ3) is 4.30. The van der Waals surface area contributed by atoms with Gasteiger partial charge in [0, 0.05) is 29.1 Å². The SMILES string of the molecule is C[C@@H](c1nc2ccc(C(=O)NC3CCC3)cc2[nH]1)[C@H]1CC[C@@H](c2ccnc3ccc(F)cc32)CC1. The van der Waals surface area contributed by atoms with Gasteiger partial charge >= 0.3 is 0 Å². The van der Waals surface area contributed by atoms with E-state index in [2.05, 4.69) is 28.3 Å². The van der Waals surface area contributed by atoms with Crippen molar-refractivity contribution in [2.24, 2.45) is 5.92 Å². The lowest BCUT2D eigenvalue weighted by atomic mass is 9.73. The number of aromatic amines is 1. The van der Waals surface area contributed by atoms with Crippen LogP contribution >= 0.6 is 0 Å². The maximum absolute atomic E-state index is 13.9. The summed E-state index contributed by atoms with van der Waals surface area (Å²) in [7, 11) is 0. The Hall–Kier alpha value is -3.28. The second-order valence-electron chi connectivity index (χ2n) is 10.4. The van der Waals surface area contributed by atoms with E-state index < -0.39 is 0 Å². The normalized spacial score (nSPS) is 21.7. The summed E-state index contributed by atoms with van der Waals surface area (Å²) in [5.41, 5.74) is 4.60. The lowest BCUT2D eigenvalue weighted by Gasteiger charge is -2.32. The Bertz CT molecular complexity index is 1380. The zero-order chi connectivity index (χ0) is 23.9. The van der Waals surface area contributed by atoms with E-state index in [0.717, 1.165) is 66.3 Å². The molecule has 0 aliphatic heterocycles. The molecule has 0 bridgehead atoms. The van der Waals surface area contributed by atoms with Crippen LogP contribution in [0, 0.1) is 11.7 Å². The van der Waals surface area contributed by atoms with E-state index in [1.165, 1.54) is 18.1 Å². The lowest BCUT2D eigenvalue weighted by molar-refractivity contribution is 0.0917. The Morgan fingerprint density at radius 2 is 1.83 bits per heavy atom. The molecule has 0 radical (unpaired) electrons. The minimum atomic E-state index is -0.206. The number of carbonyl (C=O) groups is 1. The highest BCUT2D eigenvalue weighted by molar-refractivity contribution is 5.97. The number of nitrogens with zero attached hydrogens (tertiary/aromatic N) is 2. The average Bonchev–Trinajstić information content (AvgIpc) is 3.29. The number of pyridine rings is 1. The molecule has 2 aromatic carbocycles. The van der Waals surface area contributed by atoms with Crippen LogP contribution in [-0.2, 0) is 0 Å². The minimum Gasteiger partial charge on any atom is -0.349 e. The molecule has 2 saturated carbocycles. The highest BCUT2D eigenvalue weighted by Crippen LogP contribution is 2.43. The van der Waals surface area contributed by atoms with Gasteiger partial charge in [0.1, 0.15) is 11.6 Å². The molecule has 0 saturated heterocycles. The van der Waals surface area contributed by atoms with Crippen molar-refractivity contribution in [2.45, 2.75) is 69.7 Å². The summed E-state index contributed by atoms with van der Waals surface area (Å²) in [6.45, 7) is 2.25. The third-order valence-electron chi connectivity index (χ3n) is 8.29. The molecule has 2 aromatic heterocycles. The highest BCUT2D eigenvalue weighted by atomic mass is 19.1. The summed E-state index contributed by atoms with van der Waals surface area (Å²) in [6.07, 6.45) is 9.58. The Morgan fingerprint density at radius 1 is 1.03 bits per heavy atom. The molecule has 1 atom stereocenters. The van der Waals surface area contributed by atoms with Crippen LogP contribution in [0.15, 0.2) is 48.7 Å². The monoisotopic (exact) mass is 470 g/mol. The van der Waals surface area contributed by atoms with Crippen LogP contribution in [0.1, 0.15) is 85.5 Å². The highest BCUT2D eigenvalue weighted by Gasteiger charge is 2.29. The van der Waals surface area contributed by atoms with Crippen molar-refractivity contribution >= 4 is 27.8 Å². The lowest BCUT2D eigenvalue weighted by Crippen LogP contribution is -2.39. The van der Waals surface area contributed by atoms with Gasteiger partial charge < -0.3 is 10.3 Å². The number of H-pyrrole nitrogens is 1. The molecule has 35 heavy (non-hydrogen) atoms. The first-order valence-electron chi connectivity index (χ1n) is 12.9. The van der Waals surface area contributed by atoms with Gasteiger partial charge in [0.25, 0.3) is 5.91 Å². The maximum atomic E-state index is 13.9. The molecule has 0 spiro atoms. The van der Waals surface area contributed by atoms with Crippen LogP contribution in [0.25, 0.3) is 21.9 Å². The second-order valence-corrected chi connectivity index (χ2v) is 10.4. The van der Waals surface area contributed by atoms with Crippen LogP contribution in [0.2, 0.25) is 0 Å². The number of rotatable bonds is 5. The molecule has 2 aliphatic carbocycles. The molecule has 4 aromatic rings. The molecule has 2 fully saturated rings. The van der Waals surface area contributed by atoms with Crippen molar-refractivity contribution in [3.63, 3.8) is 0 Å². The standard InChI is InChI=1S/C29H31FN4O/c1-17(28-33-26-11-9-20(15-27(26)34-28)29(35)32-22-3-2-4-22)18-5-7-19(8-6-18)23-13-14-31-25-12-10-21(30)16-24(23)25/h9-19,22H,2-8H2,1H3,(H,32,35)(H,33,34)/t17-,18-,19+/m1/s1. The predicted molar refractivity (Wildman–Crippen MR) is 136 cm³/mol. The summed E-state index contributed by atoms with van der Waals surface area (Å²) in [5, 5.41) is 4.06. The molecule has 6 rings (SSSR count). The van der Waals surface area contributed by atoms with Gasteiger partial charge in [0.15, 0.2) is 0 Å². The van der Waals surface area contributed by atoms with Crippen molar-refractivity contribution in [1.29, 1.82) is 0 Å². The zero-order valence-electron chi connectivity index (χ0n) is 20.1. The van der Waals surface area contributed by atoms with E-state index in [-0.39, 0.29) is 11.7 Å². The fourth-order valence-corrected chi connectivity index (χ4v) is 5.86. The first-order chi connectivity index (χ1) is 17.0. The van der Waals surface area contributed by atoms with Crippen molar-refractivity contribution in [1.82, 2.24) is 20.3 Å². The quantitative estimate of drug-likeness (QED) is 0.345. The number of benzene rings is 2. The second kappa shape index (κ2) is 9.06. The van der Waals surface area contributed by atoms with Crippen molar-refractivity contribution in [2.75, 3.05) is 0 Å². The fourth-order valence-electron chi connectivity index (χ4n) is 5.86. The average molecular weight is 471 g/mol. The van der Waals surface area contributed by atoms with Crippen LogP contribution in [-0.4, -0.2) is 26.9 Å². The molecular formula is C29H31FN4O.